The summed E-state index contributed by atoms with van der Waals surface area (Å²) in [5, 5.41) is 19.9. The molecule has 9 heteroatoms. The molecule has 2 rings (SSSR count). The largest absolute Gasteiger partial charge is 0.481 e. The van der Waals surface area contributed by atoms with Crippen molar-refractivity contribution in [3.63, 3.8) is 0 Å². The van der Waals surface area contributed by atoms with Gasteiger partial charge in [0.25, 0.3) is 5.19 Å². The average molecular weight is 300 g/mol. The number of nitrogens with zero attached hydrogens (tertiary/aromatic N) is 3. The van der Waals surface area contributed by atoms with Crippen LogP contribution in [0.1, 0.15) is 13.3 Å². The number of carboxylic acids is 1. The number of urea groups is 1. The van der Waals surface area contributed by atoms with E-state index < -0.39 is 11.9 Å². The Kier molecular flexibility index (Phi) is 4.38. The predicted octanol–water partition coefficient (Wildman–Crippen LogP) is 1.12. The Balaban J connectivity index is 1.99. The van der Waals surface area contributed by atoms with E-state index in [0.717, 1.165) is 11.3 Å². The maximum absolute atomic E-state index is 12.1. The monoisotopic (exact) mass is 300 g/mol. The second-order valence-electron chi connectivity index (χ2n) is 4.79. The standard InChI is InChI=1S/C11H16N4O4S/c1-6-3-7(8(16)17)5-15(4-6)10(18)12-9-13-14-11(19-2)20-9/h6-7H,3-5H2,1-2H3,(H,16,17)(H,12,13,18). The first kappa shape index (κ1) is 14.5. The van der Waals surface area contributed by atoms with E-state index in [9.17, 15) is 9.59 Å². The molecule has 2 N–H and O–H groups in total. The van der Waals surface area contributed by atoms with Gasteiger partial charge in [-0.25, -0.2) is 4.79 Å². The highest BCUT2D eigenvalue weighted by Gasteiger charge is 2.32. The van der Waals surface area contributed by atoms with Gasteiger partial charge >= 0.3 is 12.0 Å². The molecular formula is C11H16N4O4S. The molecule has 20 heavy (non-hydrogen) atoms. The number of amides is 2. The Labute approximate surface area is 119 Å². The fourth-order valence-corrected chi connectivity index (χ4v) is 2.76. The van der Waals surface area contributed by atoms with Crippen molar-refractivity contribution in [3.05, 3.63) is 0 Å². The number of carbonyl (C=O) groups excluding carboxylic acids is 1. The van der Waals surface area contributed by atoms with E-state index in [2.05, 4.69) is 15.5 Å². The summed E-state index contributed by atoms with van der Waals surface area (Å²) in [6.07, 6.45) is 0.589. The predicted molar refractivity (Wildman–Crippen MR) is 72.0 cm³/mol. The van der Waals surface area contributed by atoms with E-state index in [0.29, 0.717) is 23.3 Å². The van der Waals surface area contributed by atoms with E-state index in [1.54, 1.807) is 0 Å². The molecule has 0 saturated carbocycles. The van der Waals surface area contributed by atoms with Crippen LogP contribution in [0.15, 0.2) is 0 Å². The van der Waals surface area contributed by atoms with Crippen LogP contribution in [0.25, 0.3) is 0 Å². The molecule has 1 aromatic heterocycles. The molecule has 0 radical (unpaired) electrons. The Hall–Kier alpha value is -1.90. The number of aromatic nitrogens is 2. The third-order valence-corrected chi connectivity index (χ3v) is 3.89. The van der Waals surface area contributed by atoms with Crippen LogP contribution >= 0.6 is 11.3 Å². The van der Waals surface area contributed by atoms with Crippen LogP contribution in [0.3, 0.4) is 0 Å². The van der Waals surface area contributed by atoms with Crippen LogP contribution in [-0.4, -0.2) is 52.4 Å². The highest BCUT2D eigenvalue weighted by Crippen LogP contribution is 2.24. The number of carboxylic acid groups (broad SMARTS) is 1. The van der Waals surface area contributed by atoms with Gasteiger partial charge in [-0.3, -0.25) is 10.1 Å². The van der Waals surface area contributed by atoms with Crippen molar-refractivity contribution in [2.45, 2.75) is 13.3 Å². The van der Waals surface area contributed by atoms with E-state index in [1.165, 1.54) is 12.0 Å². The van der Waals surface area contributed by atoms with Crippen molar-refractivity contribution in [3.8, 4) is 5.19 Å². The van der Waals surface area contributed by atoms with Gasteiger partial charge in [-0.2, -0.15) is 0 Å². The quantitative estimate of drug-likeness (QED) is 0.866. The molecule has 1 aliphatic heterocycles. The topological polar surface area (TPSA) is 105 Å². The number of hydrogen-bond donors (Lipinski definition) is 2. The fourth-order valence-electron chi connectivity index (χ4n) is 2.21. The number of ether oxygens (including phenoxy) is 1. The van der Waals surface area contributed by atoms with E-state index in [-0.39, 0.29) is 18.5 Å². The smallest absolute Gasteiger partial charge is 0.323 e. The lowest BCUT2D eigenvalue weighted by atomic mass is 9.91. The minimum Gasteiger partial charge on any atom is -0.481 e. The van der Waals surface area contributed by atoms with Gasteiger partial charge in [0.15, 0.2) is 0 Å². The van der Waals surface area contributed by atoms with Crippen molar-refractivity contribution in [1.82, 2.24) is 15.1 Å². The number of hydrogen-bond acceptors (Lipinski definition) is 6. The lowest BCUT2D eigenvalue weighted by Crippen LogP contribution is -2.47. The van der Waals surface area contributed by atoms with Gasteiger partial charge in [-0.05, 0) is 23.7 Å². The second kappa shape index (κ2) is 6.04. The molecule has 0 spiro atoms. The maximum Gasteiger partial charge on any atom is 0.323 e. The zero-order valence-electron chi connectivity index (χ0n) is 11.2. The van der Waals surface area contributed by atoms with Gasteiger partial charge in [0.05, 0.1) is 13.0 Å². The molecule has 0 aliphatic carbocycles. The second-order valence-corrected chi connectivity index (χ2v) is 5.73. The third-order valence-electron chi connectivity index (χ3n) is 3.09. The molecule has 2 heterocycles. The van der Waals surface area contributed by atoms with Gasteiger partial charge in [0.1, 0.15) is 0 Å². The molecule has 1 aromatic rings. The Morgan fingerprint density at radius 2 is 2.20 bits per heavy atom. The molecule has 0 bridgehead atoms. The SMILES string of the molecule is COc1nnc(NC(=O)N2CC(C)CC(C(=O)O)C2)s1. The minimum absolute atomic E-state index is 0.152. The van der Waals surface area contributed by atoms with E-state index in [4.69, 9.17) is 9.84 Å². The summed E-state index contributed by atoms with van der Waals surface area (Å²) >= 11 is 1.11. The first-order valence-electron chi connectivity index (χ1n) is 6.15. The Morgan fingerprint density at radius 3 is 2.80 bits per heavy atom. The summed E-state index contributed by atoms with van der Waals surface area (Å²) in [5.74, 6) is -1.24. The molecule has 8 nitrogen and oxygen atoms in total. The third kappa shape index (κ3) is 3.35. The summed E-state index contributed by atoms with van der Waals surface area (Å²) in [4.78, 5) is 24.7. The molecule has 1 fully saturated rings. The molecule has 2 atom stereocenters. The summed E-state index contributed by atoms with van der Waals surface area (Å²) in [5.41, 5.74) is 0. The van der Waals surface area contributed by atoms with Gasteiger partial charge in [0.2, 0.25) is 5.13 Å². The lowest BCUT2D eigenvalue weighted by Gasteiger charge is -2.34. The molecular weight excluding hydrogens is 284 g/mol. The minimum atomic E-state index is -0.869. The number of carbonyl (C=O) groups is 2. The van der Waals surface area contributed by atoms with Crippen molar-refractivity contribution >= 4 is 28.5 Å². The van der Waals surface area contributed by atoms with Gasteiger partial charge in [-0.15, -0.1) is 5.10 Å². The normalized spacial score (nSPS) is 22.4. The van der Waals surface area contributed by atoms with Gasteiger partial charge < -0.3 is 14.7 Å². The van der Waals surface area contributed by atoms with Crippen LogP contribution in [0, 0.1) is 11.8 Å². The highest BCUT2D eigenvalue weighted by molar-refractivity contribution is 7.17. The Bertz CT molecular complexity index is 506. The summed E-state index contributed by atoms with van der Waals surface area (Å²) in [6.45, 7) is 2.68. The number of likely N-dealkylation sites (tertiary alicyclic amines) is 1. The fraction of sp³-hybridized carbons (Fsp3) is 0.636. The zero-order chi connectivity index (χ0) is 14.7. The van der Waals surface area contributed by atoms with Crippen LogP contribution in [0.4, 0.5) is 9.93 Å². The zero-order valence-corrected chi connectivity index (χ0v) is 12.0. The summed E-state index contributed by atoms with van der Waals surface area (Å²) in [6, 6.07) is -0.360. The Morgan fingerprint density at radius 1 is 1.45 bits per heavy atom. The first-order valence-corrected chi connectivity index (χ1v) is 6.97. The van der Waals surface area contributed by atoms with Gasteiger partial charge in [-0.1, -0.05) is 12.0 Å². The van der Waals surface area contributed by atoms with E-state index >= 15 is 0 Å². The average Bonchev–Trinajstić information content (AvgIpc) is 2.85. The summed E-state index contributed by atoms with van der Waals surface area (Å²) in [7, 11) is 1.47. The van der Waals surface area contributed by atoms with Crippen LogP contribution < -0.4 is 10.1 Å². The van der Waals surface area contributed by atoms with Crippen molar-refractivity contribution in [2.75, 3.05) is 25.5 Å². The maximum atomic E-state index is 12.1. The molecule has 1 saturated heterocycles. The van der Waals surface area contributed by atoms with E-state index in [1.807, 2.05) is 6.92 Å². The molecule has 110 valence electrons. The van der Waals surface area contributed by atoms with Crippen molar-refractivity contribution < 1.29 is 19.4 Å². The number of piperidine rings is 1. The van der Waals surface area contributed by atoms with Crippen LogP contribution in [0.5, 0.6) is 5.19 Å². The molecule has 2 amide bonds. The van der Waals surface area contributed by atoms with Gasteiger partial charge in [0, 0.05) is 13.1 Å². The number of anilines is 1. The van der Waals surface area contributed by atoms with Crippen LogP contribution in [0.2, 0.25) is 0 Å². The molecule has 2 unspecified atom stereocenters. The molecule has 1 aliphatic rings. The van der Waals surface area contributed by atoms with Crippen LogP contribution in [-0.2, 0) is 4.79 Å². The van der Waals surface area contributed by atoms with Crippen molar-refractivity contribution in [2.24, 2.45) is 11.8 Å². The molecule has 0 aromatic carbocycles. The van der Waals surface area contributed by atoms with Crippen molar-refractivity contribution in [1.29, 1.82) is 0 Å². The lowest BCUT2D eigenvalue weighted by molar-refractivity contribution is -0.143. The number of nitrogens with one attached hydrogen (secondary N) is 1. The first-order chi connectivity index (χ1) is 9.49. The summed E-state index contributed by atoms with van der Waals surface area (Å²) < 4.78 is 4.89. The number of methoxy groups -OCH3 is 1. The highest BCUT2D eigenvalue weighted by atomic mass is 32.1. The number of rotatable bonds is 3. The number of aliphatic carboxylic acids is 1.